The maximum Gasteiger partial charge on any atom is 0.0997 e. The van der Waals surface area contributed by atoms with Gasteiger partial charge in [0.2, 0.25) is 0 Å². The third kappa shape index (κ3) is 7.68. The molecule has 7 aromatic carbocycles. The molecule has 3 heterocycles. The summed E-state index contributed by atoms with van der Waals surface area (Å²) in [4.78, 5) is 14.5. The second-order valence-electron chi connectivity index (χ2n) is 16.3. The van der Waals surface area contributed by atoms with Crippen molar-refractivity contribution in [2.24, 2.45) is 0 Å². The first-order chi connectivity index (χ1) is 30.9. The van der Waals surface area contributed by atoms with Crippen LogP contribution < -0.4 is 0 Å². The van der Waals surface area contributed by atoms with Crippen LogP contribution in [-0.4, -0.2) is 19.5 Å². The summed E-state index contributed by atoms with van der Waals surface area (Å²) in [6.07, 6.45) is 5.98. The average Bonchev–Trinajstić information content (AvgIpc) is 3.68. The fourth-order valence-electron chi connectivity index (χ4n) is 8.79. The van der Waals surface area contributed by atoms with E-state index in [9.17, 15) is 0 Å². The van der Waals surface area contributed by atoms with Crippen LogP contribution in [0, 0.1) is 27.7 Å². The van der Waals surface area contributed by atoms with E-state index in [1.807, 2.05) is 30.9 Å². The summed E-state index contributed by atoms with van der Waals surface area (Å²) in [6.45, 7) is 8.54. The number of nitrogens with zero attached hydrogens (tertiary/aromatic N) is 4. The van der Waals surface area contributed by atoms with E-state index in [-0.39, 0.29) is 0 Å². The monoisotopic (exact) mass is 810 g/mol. The second-order valence-corrected chi connectivity index (χ2v) is 16.3. The van der Waals surface area contributed by atoms with Crippen molar-refractivity contribution < 1.29 is 0 Å². The third-order valence-electron chi connectivity index (χ3n) is 12.3. The zero-order valence-corrected chi connectivity index (χ0v) is 35.9. The fraction of sp³-hybridized carbons (Fsp3) is 0.0678. The number of benzene rings is 7. The minimum Gasteiger partial charge on any atom is -0.303 e. The highest BCUT2D eigenvalue weighted by molar-refractivity contribution is 5.94. The number of hydrogen-bond acceptors (Lipinski definition) is 3. The molecule has 0 saturated carbocycles. The van der Waals surface area contributed by atoms with E-state index < -0.39 is 0 Å². The number of pyridine rings is 2. The molecule has 3 aromatic heterocycles. The van der Waals surface area contributed by atoms with Crippen LogP contribution in [0.2, 0.25) is 0 Å². The van der Waals surface area contributed by atoms with Crippen molar-refractivity contribution in [2.75, 3.05) is 0 Å². The lowest BCUT2D eigenvalue weighted by Gasteiger charge is -2.19. The van der Waals surface area contributed by atoms with Crippen LogP contribution in [0.5, 0.6) is 0 Å². The van der Waals surface area contributed by atoms with Gasteiger partial charge in [0.05, 0.1) is 23.4 Å². The van der Waals surface area contributed by atoms with Crippen molar-refractivity contribution in [1.82, 2.24) is 19.5 Å². The van der Waals surface area contributed by atoms with Gasteiger partial charge in [0, 0.05) is 46.0 Å². The normalized spacial score (nSPS) is 11.2. The van der Waals surface area contributed by atoms with Gasteiger partial charge < -0.3 is 4.57 Å². The zero-order valence-electron chi connectivity index (χ0n) is 35.9. The van der Waals surface area contributed by atoms with Crippen LogP contribution in [0.25, 0.3) is 95.0 Å². The molecule has 0 spiro atoms. The van der Waals surface area contributed by atoms with Crippen LogP contribution in [0.15, 0.2) is 207 Å². The van der Waals surface area contributed by atoms with Crippen molar-refractivity contribution in [3.05, 3.63) is 229 Å². The van der Waals surface area contributed by atoms with E-state index in [2.05, 4.69) is 213 Å². The zero-order chi connectivity index (χ0) is 42.9. The predicted octanol–water partition coefficient (Wildman–Crippen LogP) is 15.2. The molecule has 0 N–H and O–H groups in total. The lowest BCUT2D eigenvalue weighted by molar-refractivity contribution is 1.00. The van der Waals surface area contributed by atoms with Gasteiger partial charge in [0.15, 0.2) is 0 Å². The molecule has 0 saturated heterocycles. The minimum atomic E-state index is 0.969. The molecule has 10 aromatic rings. The molecule has 10 rings (SSSR count). The van der Waals surface area contributed by atoms with E-state index in [4.69, 9.17) is 9.97 Å². The van der Waals surface area contributed by atoms with Crippen molar-refractivity contribution in [3.63, 3.8) is 0 Å². The predicted molar refractivity (Wildman–Crippen MR) is 262 cm³/mol. The Balaban J connectivity index is 1.14. The summed E-state index contributed by atoms with van der Waals surface area (Å²) in [6, 6.07) is 67.3. The van der Waals surface area contributed by atoms with Gasteiger partial charge >= 0.3 is 0 Å². The van der Waals surface area contributed by atoms with E-state index in [0.717, 1.165) is 101 Å². The van der Waals surface area contributed by atoms with Crippen molar-refractivity contribution >= 4 is 0 Å². The van der Waals surface area contributed by atoms with E-state index >= 15 is 0 Å². The van der Waals surface area contributed by atoms with E-state index in [0.29, 0.717) is 0 Å². The smallest absolute Gasteiger partial charge is 0.0997 e. The molecule has 0 amide bonds. The van der Waals surface area contributed by atoms with E-state index in [1.54, 1.807) is 0 Å². The van der Waals surface area contributed by atoms with Crippen molar-refractivity contribution in [1.29, 1.82) is 0 Å². The summed E-state index contributed by atoms with van der Waals surface area (Å²) in [7, 11) is 0. The van der Waals surface area contributed by atoms with Crippen LogP contribution in [0.4, 0.5) is 0 Å². The lowest BCUT2D eigenvalue weighted by atomic mass is 9.85. The highest BCUT2D eigenvalue weighted by Crippen LogP contribution is 2.43. The van der Waals surface area contributed by atoms with Crippen LogP contribution in [0.1, 0.15) is 22.5 Å². The van der Waals surface area contributed by atoms with E-state index in [1.165, 1.54) is 16.7 Å². The summed E-state index contributed by atoms with van der Waals surface area (Å²) in [5.74, 6) is 0. The Labute approximate surface area is 369 Å². The SMILES string of the molecule is Cc1cc(-c2ccccc2)ncc1-c1ccccc1-c1cc(-c2ccccc2-c2ccc(-n3cnc(C)c3C)cc2)cc(-c2ccccc2-c2cnc(-c3ccccc3)cc2C)c1. The number of rotatable bonds is 9. The number of aryl methyl sites for hydroxylation is 3. The average molecular weight is 811 g/mol. The summed E-state index contributed by atoms with van der Waals surface area (Å²) in [5, 5.41) is 0. The molecular formula is C59H46N4. The van der Waals surface area contributed by atoms with Gasteiger partial charge in [-0.3, -0.25) is 9.97 Å². The van der Waals surface area contributed by atoms with Crippen molar-refractivity contribution in [2.45, 2.75) is 27.7 Å². The molecule has 0 atom stereocenters. The first kappa shape index (κ1) is 39.2. The van der Waals surface area contributed by atoms with Gasteiger partial charge in [-0.05, 0) is 137 Å². The Bertz CT molecular complexity index is 3100. The molecule has 4 heteroatoms. The Hall–Kier alpha value is -7.95. The first-order valence-electron chi connectivity index (χ1n) is 21.5. The summed E-state index contributed by atoms with van der Waals surface area (Å²) in [5.41, 5.74) is 23.5. The molecule has 0 aliphatic heterocycles. The van der Waals surface area contributed by atoms with Gasteiger partial charge in [-0.25, -0.2) is 4.98 Å². The Morgan fingerprint density at radius 3 is 1.10 bits per heavy atom. The maximum atomic E-state index is 5.00. The highest BCUT2D eigenvalue weighted by atomic mass is 15.1. The minimum absolute atomic E-state index is 0.969. The largest absolute Gasteiger partial charge is 0.303 e. The molecule has 0 bridgehead atoms. The summed E-state index contributed by atoms with van der Waals surface area (Å²) < 4.78 is 2.15. The molecule has 0 aliphatic carbocycles. The third-order valence-corrected chi connectivity index (χ3v) is 12.3. The Morgan fingerprint density at radius 2 is 0.698 bits per heavy atom. The Kier molecular flexibility index (Phi) is 10.5. The van der Waals surface area contributed by atoms with Crippen LogP contribution in [-0.2, 0) is 0 Å². The lowest BCUT2D eigenvalue weighted by Crippen LogP contribution is -1.96. The molecule has 0 fully saturated rings. The topological polar surface area (TPSA) is 43.6 Å². The molecule has 0 unspecified atom stereocenters. The molecular weight excluding hydrogens is 765 g/mol. The summed E-state index contributed by atoms with van der Waals surface area (Å²) >= 11 is 0. The molecule has 0 radical (unpaired) electrons. The van der Waals surface area contributed by atoms with Gasteiger partial charge in [0.1, 0.15) is 0 Å². The highest BCUT2D eigenvalue weighted by Gasteiger charge is 2.18. The fourth-order valence-corrected chi connectivity index (χ4v) is 8.79. The molecule has 0 aliphatic rings. The van der Waals surface area contributed by atoms with Crippen molar-refractivity contribution in [3.8, 4) is 95.0 Å². The quantitative estimate of drug-likeness (QED) is 0.146. The Morgan fingerprint density at radius 1 is 0.317 bits per heavy atom. The molecule has 302 valence electrons. The second kappa shape index (κ2) is 16.8. The number of aromatic nitrogens is 4. The number of hydrogen-bond donors (Lipinski definition) is 0. The van der Waals surface area contributed by atoms with Gasteiger partial charge in [-0.1, -0.05) is 146 Å². The standard InChI is InChI=1S/C59H46N4/c1-39-31-58(44-17-7-5-8-18-44)60-36-56(39)54-25-15-13-23-52(54)47-33-46(51-22-12-11-21-50(51)43-27-29-49(30-28-43)63-38-62-41(3)42(63)4)34-48(35-47)53-24-14-16-26-55(53)57-37-61-59(32-40(57)2)45-19-9-6-10-20-45/h5-38H,1-4H3. The maximum absolute atomic E-state index is 5.00. The van der Waals surface area contributed by atoms with Gasteiger partial charge in [0.25, 0.3) is 0 Å². The molecule has 63 heavy (non-hydrogen) atoms. The van der Waals surface area contributed by atoms with Crippen LogP contribution in [0.3, 0.4) is 0 Å². The number of imidazole rings is 1. The van der Waals surface area contributed by atoms with Crippen LogP contribution >= 0.6 is 0 Å². The molecule has 4 nitrogen and oxygen atoms in total. The first-order valence-corrected chi connectivity index (χ1v) is 21.5. The van der Waals surface area contributed by atoms with Gasteiger partial charge in [-0.15, -0.1) is 0 Å². The van der Waals surface area contributed by atoms with Gasteiger partial charge in [-0.2, -0.15) is 0 Å².